The van der Waals surface area contributed by atoms with Gasteiger partial charge in [0.05, 0.1) is 0 Å². The minimum absolute atomic E-state index is 0.0528. The highest BCUT2D eigenvalue weighted by molar-refractivity contribution is 7.91. The van der Waals surface area contributed by atoms with Crippen LogP contribution < -0.4 is 0 Å². The maximum Gasteiger partial charge on any atom is 0.303 e. The van der Waals surface area contributed by atoms with Crippen molar-refractivity contribution < 1.29 is 18.3 Å². The molecule has 0 bridgehead atoms. The summed E-state index contributed by atoms with van der Waals surface area (Å²) in [4.78, 5) is 10.6. The molecule has 160 valence electrons. The van der Waals surface area contributed by atoms with Gasteiger partial charge >= 0.3 is 5.97 Å². The Kier molecular flexibility index (Phi) is 8.43. The predicted molar refractivity (Wildman–Crippen MR) is 118 cm³/mol. The minimum atomic E-state index is -3.54. The average Bonchev–Trinajstić information content (AvgIpc) is 3.18. The molecule has 0 fully saturated rings. The van der Waals surface area contributed by atoms with E-state index in [0.29, 0.717) is 30.1 Å². The van der Waals surface area contributed by atoms with Gasteiger partial charge in [-0.2, -0.15) is 4.31 Å². The summed E-state index contributed by atoms with van der Waals surface area (Å²) < 4.78 is 28.1. The Morgan fingerprint density at radius 1 is 1.03 bits per heavy atom. The molecule has 2 rings (SSSR count). The molecule has 0 amide bonds. The molecule has 7 heteroatoms. The molecule has 0 atom stereocenters. The third kappa shape index (κ3) is 7.24. The van der Waals surface area contributed by atoms with Gasteiger partial charge in [0.1, 0.15) is 4.21 Å². The van der Waals surface area contributed by atoms with E-state index in [1.54, 1.807) is 21.8 Å². The monoisotopic (exact) mass is 437 g/mol. The van der Waals surface area contributed by atoms with E-state index in [0.717, 1.165) is 18.4 Å². The number of nitrogens with zero attached hydrogens (tertiary/aromatic N) is 1. The lowest BCUT2D eigenvalue weighted by atomic mass is 9.87. The van der Waals surface area contributed by atoms with Crippen molar-refractivity contribution in [2.24, 2.45) is 0 Å². The number of sulfonamides is 1. The quantitative estimate of drug-likeness (QED) is 0.486. The largest absolute Gasteiger partial charge is 0.481 e. The van der Waals surface area contributed by atoms with Crippen molar-refractivity contribution in [2.75, 3.05) is 6.54 Å². The lowest BCUT2D eigenvalue weighted by Crippen LogP contribution is -2.31. The topological polar surface area (TPSA) is 74.7 Å². The number of aliphatic carboxylic acids is 1. The first-order valence-corrected chi connectivity index (χ1v) is 12.3. The molecule has 2 aromatic rings. The fourth-order valence-electron chi connectivity index (χ4n) is 3.05. The van der Waals surface area contributed by atoms with Gasteiger partial charge in [-0.1, -0.05) is 63.9 Å². The summed E-state index contributed by atoms with van der Waals surface area (Å²) in [7, 11) is -3.54. The lowest BCUT2D eigenvalue weighted by Gasteiger charge is -2.23. The fraction of sp³-hybridized carbons (Fsp3) is 0.500. The summed E-state index contributed by atoms with van der Waals surface area (Å²) in [6, 6.07) is 11.5. The molecule has 1 heterocycles. The first-order chi connectivity index (χ1) is 13.6. The number of rotatable bonds is 11. The van der Waals surface area contributed by atoms with Crippen LogP contribution in [-0.4, -0.2) is 30.3 Å². The van der Waals surface area contributed by atoms with Crippen LogP contribution in [0.4, 0.5) is 0 Å². The van der Waals surface area contributed by atoms with Gasteiger partial charge in [0, 0.05) is 19.5 Å². The second-order valence-corrected chi connectivity index (χ2v) is 11.4. The SMILES string of the molecule is CC(C)(C)c1ccc(CN(CCCCCCC(=O)O)S(=O)(=O)c2cccs2)cc1. The summed E-state index contributed by atoms with van der Waals surface area (Å²) in [5.41, 5.74) is 2.23. The number of carboxylic acid groups (broad SMARTS) is 1. The Labute approximate surface area is 178 Å². The number of unbranched alkanes of at least 4 members (excludes halogenated alkanes) is 3. The Bertz CT molecular complexity index is 867. The standard InChI is InChI=1S/C22H31NO4S2/c1-22(2,3)19-13-11-18(12-14-19)17-23(15-7-5-4-6-9-20(24)25)29(26,27)21-10-8-16-28-21/h8,10-14,16H,4-7,9,15,17H2,1-3H3,(H,24,25). The molecule has 0 aliphatic carbocycles. The Morgan fingerprint density at radius 3 is 2.24 bits per heavy atom. The van der Waals surface area contributed by atoms with Crippen molar-refractivity contribution in [3.05, 3.63) is 52.9 Å². The first-order valence-electron chi connectivity index (χ1n) is 9.95. The van der Waals surface area contributed by atoms with Crippen molar-refractivity contribution in [1.82, 2.24) is 4.31 Å². The molecule has 0 aliphatic heterocycles. The van der Waals surface area contributed by atoms with Gasteiger partial charge in [0.15, 0.2) is 0 Å². The number of benzene rings is 1. The molecule has 0 saturated heterocycles. The van der Waals surface area contributed by atoms with Crippen molar-refractivity contribution in [2.45, 2.75) is 69.0 Å². The average molecular weight is 438 g/mol. The zero-order valence-electron chi connectivity index (χ0n) is 17.4. The van der Waals surface area contributed by atoms with E-state index in [4.69, 9.17) is 5.11 Å². The van der Waals surface area contributed by atoms with Crippen LogP contribution >= 0.6 is 11.3 Å². The number of hydrogen-bond donors (Lipinski definition) is 1. The van der Waals surface area contributed by atoms with Crippen LogP contribution in [0.3, 0.4) is 0 Å². The van der Waals surface area contributed by atoms with Crippen molar-refractivity contribution >= 4 is 27.3 Å². The van der Waals surface area contributed by atoms with E-state index >= 15 is 0 Å². The predicted octanol–water partition coefficient (Wildman–Crippen LogP) is 5.27. The van der Waals surface area contributed by atoms with Crippen LogP contribution in [-0.2, 0) is 26.8 Å². The number of thiophene rings is 1. The molecule has 0 radical (unpaired) electrons. The maximum absolute atomic E-state index is 13.1. The number of hydrogen-bond acceptors (Lipinski definition) is 4. The van der Waals surface area contributed by atoms with Crippen molar-refractivity contribution in [1.29, 1.82) is 0 Å². The molecular formula is C22H31NO4S2. The highest BCUT2D eigenvalue weighted by Crippen LogP contribution is 2.25. The maximum atomic E-state index is 13.1. The second-order valence-electron chi connectivity index (χ2n) is 8.28. The van der Waals surface area contributed by atoms with Crippen molar-refractivity contribution in [3.63, 3.8) is 0 Å². The highest BCUT2D eigenvalue weighted by atomic mass is 32.2. The van der Waals surface area contributed by atoms with Gasteiger partial charge in [-0.05, 0) is 40.8 Å². The number of carbonyl (C=O) groups is 1. The normalized spacial score (nSPS) is 12.4. The minimum Gasteiger partial charge on any atom is -0.481 e. The van der Waals surface area contributed by atoms with E-state index < -0.39 is 16.0 Å². The van der Waals surface area contributed by atoms with Gasteiger partial charge < -0.3 is 5.11 Å². The smallest absolute Gasteiger partial charge is 0.303 e. The Balaban J connectivity index is 2.07. The lowest BCUT2D eigenvalue weighted by molar-refractivity contribution is -0.137. The Hall–Kier alpha value is -1.70. The van der Waals surface area contributed by atoms with E-state index in [1.807, 2.05) is 12.1 Å². The molecule has 0 aliphatic rings. The van der Waals surface area contributed by atoms with Gasteiger partial charge in [-0.3, -0.25) is 4.79 Å². The van der Waals surface area contributed by atoms with Crippen LogP contribution in [0.25, 0.3) is 0 Å². The first kappa shape index (κ1) is 23.6. The summed E-state index contributed by atoms with van der Waals surface area (Å²) in [6.07, 6.45) is 3.11. The highest BCUT2D eigenvalue weighted by Gasteiger charge is 2.25. The number of carboxylic acids is 1. The van der Waals surface area contributed by atoms with Crippen molar-refractivity contribution in [3.8, 4) is 0 Å². The molecule has 5 nitrogen and oxygen atoms in total. The van der Waals surface area contributed by atoms with Crippen LogP contribution in [0.15, 0.2) is 46.0 Å². The molecule has 1 aromatic heterocycles. The Morgan fingerprint density at radius 2 is 1.69 bits per heavy atom. The molecule has 0 unspecified atom stereocenters. The molecule has 1 aromatic carbocycles. The molecular weight excluding hydrogens is 406 g/mol. The van der Waals surface area contributed by atoms with E-state index in [1.165, 1.54) is 16.9 Å². The van der Waals surface area contributed by atoms with Crippen LogP contribution in [0.5, 0.6) is 0 Å². The third-order valence-corrected chi connectivity index (χ3v) is 8.03. The zero-order valence-corrected chi connectivity index (χ0v) is 19.1. The molecule has 0 spiro atoms. The summed E-state index contributed by atoms with van der Waals surface area (Å²) in [6.45, 7) is 7.22. The van der Waals surface area contributed by atoms with Gasteiger partial charge in [-0.25, -0.2) is 8.42 Å². The van der Waals surface area contributed by atoms with E-state index in [-0.39, 0.29) is 11.8 Å². The van der Waals surface area contributed by atoms with E-state index in [2.05, 4.69) is 32.9 Å². The van der Waals surface area contributed by atoms with Gasteiger partial charge in [0.2, 0.25) is 0 Å². The zero-order chi connectivity index (χ0) is 21.5. The van der Waals surface area contributed by atoms with Crippen LogP contribution in [0.2, 0.25) is 0 Å². The second kappa shape index (κ2) is 10.4. The molecule has 29 heavy (non-hydrogen) atoms. The molecule has 1 N–H and O–H groups in total. The summed E-state index contributed by atoms with van der Waals surface area (Å²) in [5.74, 6) is -0.786. The molecule has 0 saturated carbocycles. The van der Waals surface area contributed by atoms with Gasteiger partial charge in [-0.15, -0.1) is 11.3 Å². The van der Waals surface area contributed by atoms with E-state index in [9.17, 15) is 13.2 Å². The van der Waals surface area contributed by atoms with Crippen LogP contribution in [0.1, 0.15) is 64.0 Å². The summed E-state index contributed by atoms with van der Waals surface area (Å²) in [5, 5.41) is 10.5. The third-order valence-electron chi connectivity index (χ3n) is 4.82. The van der Waals surface area contributed by atoms with Crippen LogP contribution in [0, 0.1) is 0 Å². The fourth-order valence-corrected chi connectivity index (χ4v) is 5.66. The van der Waals surface area contributed by atoms with Gasteiger partial charge in [0.25, 0.3) is 10.0 Å². The summed E-state index contributed by atoms with van der Waals surface area (Å²) >= 11 is 1.23.